The van der Waals surface area contributed by atoms with E-state index in [2.05, 4.69) is 38.3 Å². The van der Waals surface area contributed by atoms with Crippen molar-refractivity contribution in [3.8, 4) is 0 Å². The molecular formula is C15H25BrN4O. The summed E-state index contributed by atoms with van der Waals surface area (Å²) in [4.78, 5) is 14.5. The van der Waals surface area contributed by atoms with Gasteiger partial charge in [0.25, 0.3) is 5.56 Å². The fourth-order valence-electron chi connectivity index (χ4n) is 2.70. The van der Waals surface area contributed by atoms with Gasteiger partial charge in [-0.05, 0) is 75.1 Å². The highest BCUT2D eigenvalue weighted by Gasteiger charge is 2.16. The van der Waals surface area contributed by atoms with Crippen molar-refractivity contribution in [3.05, 3.63) is 21.0 Å². The van der Waals surface area contributed by atoms with Gasteiger partial charge in [0.1, 0.15) is 4.47 Å². The van der Waals surface area contributed by atoms with Crippen LogP contribution in [0.25, 0.3) is 0 Å². The molecule has 0 radical (unpaired) electrons. The van der Waals surface area contributed by atoms with Gasteiger partial charge in [-0.1, -0.05) is 0 Å². The molecule has 21 heavy (non-hydrogen) atoms. The first-order chi connectivity index (χ1) is 9.99. The summed E-state index contributed by atoms with van der Waals surface area (Å²) in [5.74, 6) is 0.788. The molecule has 0 unspecified atom stereocenters. The van der Waals surface area contributed by atoms with E-state index in [1.54, 1.807) is 6.20 Å². The van der Waals surface area contributed by atoms with E-state index < -0.39 is 0 Å². The minimum atomic E-state index is -0.0747. The van der Waals surface area contributed by atoms with Crippen molar-refractivity contribution < 1.29 is 0 Å². The molecule has 0 spiro atoms. The largest absolute Gasteiger partial charge is 0.383 e. The molecule has 0 aliphatic carbocycles. The van der Waals surface area contributed by atoms with Gasteiger partial charge in [-0.2, -0.15) is 5.10 Å². The summed E-state index contributed by atoms with van der Waals surface area (Å²) in [7, 11) is 2.18. The number of likely N-dealkylation sites (tertiary alicyclic amines) is 1. The highest BCUT2D eigenvalue weighted by molar-refractivity contribution is 9.10. The molecule has 1 aliphatic rings. The maximum atomic E-state index is 12.1. The number of hydrogen-bond donors (Lipinski definition) is 1. The lowest BCUT2D eigenvalue weighted by atomic mass is 9.94. The Morgan fingerprint density at radius 1 is 1.43 bits per heavy atom. The Hall–Kier alpha value is -0.880. The molecule has 5 nitrogen and oxygen atoms in total. The van der Waals surface area contributed by atoms with Gasteiger partial charge in [0.15, 0.2) is 0 Å². The predicted octanol–water partition coefficient (Wildman–Crippen LogP) is 2.73. The zero-order valence-corrected chi connectivity index (χ0v) is 14.7. The van der Waals surface area contributed by atoms with Crippen molar-refractivity contribution in [2.75, 3.05) is 32.0 Å². The van der Waals surface area contributed by atoms with Crippen LogP contribution in [0.2, 0.25) is 0 Å². The van der Waals surface area contributed by atoms with Crippen LogP contribution in [0.1, 0.15) is 39.2 Å². The minimum Gasteiger partial charge on any atom is -0.383 e. The van der Waals surface area contributed by atoms with E-state index in [1.807, 2.05) is 13.8 Å². The van der Waals surface area contributed by atoms with Crippen LogP contribution >= 0.6 is 15.9 Å². The van der Waals surface area contributed by atoms with Crippen molar-refractivity contribution in [3.63, 3.8) is 0 Å². The van der Waals surface area contributed by atoms with E-state index in [4.69, 9.17) is 0 Å². The average Bonchev–Trinajstić information content (AvgIpc) is 2.45. The number of rotatable bonds is 5. The van der Waals surface area contributed by atoms with Gasteiger partial charge in [0, 0.05) is 6.54 Å². The molecule has 6 heteroatoms. The lowest BCUT2D eigenvalue weighted by Gasteiger charge is -2.29. The standard InChI is InChI=1S/C15H25BrN4O/c1-11(2)20-15(21)14(16)13(10-18-20)17-7-4-12-5-8-19(3)9-6-12/h10-12,17H,4-9H2,1-3H3. The maximum absolute atomic E-state index is 12.1. The predicted molar refractivity (Wildman–Crippen MR) is 89.9 cm³/mol. The van der Waals surface area contributed by atoms with Gasteiger partial charge in [-0.25, -0.2) is 4.68 Å². The number of nitrogens with one attached hydrogen (secondary N) is 1. The van der Waals surface area contributed by atoms with Crippen LogP contribution in [-0.4, -0.2) is 41.4 Å². The van der Waals surface area contributed by atoms with Crippen molar-refractivity contribution in [1.82, 2.24) is 14.7 Å². The first kappa shape index (κ1) is 16.5. The Balaban J connectivity index is 1.89. The zero-order chi connectivity index (χ0) is 15.4. The van der Waals surface area contributed by atoms with Crippen molar-refractivity contribution in [1.29, 1.82) is 0 Å². The van der Waals surface area contributed by atoms with Gasteiger partial charge in [-0.3, -0.25) is 4.79 Å². The molecule has 0 bridgehead atoms. The minimum absolute atomic E-state index is 0.0714. The molecule has 0 atom stereocenters. The van der Waals surface area contributed by atoms with E-state index >= 15 is 0 Å². The summed E-state index contributed by atoms with van der Waals surface area (Å²) in [5, 5.41) is 7.56. The van der Waals surface area contributed by atoms with Gasteiger partial charge < -0.3 is 10.2 Å². The van der Waals surface area contributed by atoms with Crippen LogP contribution in [0.3, 0.4) is 0 Å². The van der Waals surface area contributed by atoms with Crippen LogP contribution < -0.4 is 10.9 Å². The van der Waals surface area contributed by atoms with Crippen molar-refractivity contribution >= 4 is 21.6 Å². The lowest BCUT2D eigenvalue weighted by molar-refractivity contribution is 0.215. The Kier molecular flexibility index (Phi) is 5.81. The van der Waals surface area contributed by atoms with Crippen LogP contribution in [0.5, 0.6) is 0 Å². The number of halogens is 1. The second-order valence-electron chi connectivity index (χ2n) is 6.18. The quantitative estimate of drug-likeness (QED) is 0.881. The lowest BCUT2D eigenvalue weighted by Crippen LogP contribution is -2.31. The van der Waals surface area contributed by atoms with Gasteiger partial charge >= 0.3 is 0 Å². The fraction of sp³-hybridized carbons (Fsp3) is 0.733. The summed E-state index contributed by atoms with van der Waals surface area (Å²) in [6.45, 7) is 7.18. The fourth-order valence-corrected chi connectivity index (χ4v) is 3.12. The van der Waals surface area contributed by atoms with E-state index in [-0.39, 0.29) is 11.6 Å². The molecule has 1 saturated heterocycles. The van der Waals surface area contributed by atoms with Crippen LogP contribution in [0, 0.1) is 5.92 Å². The van der Waals surface area contributed by atoms with E-state index in [0.29, 0.717) is 4.47 Å². The Morgan fingerprint density at radius 2 is 2.10 bits per heavy atom. The Labute approximate surface area is 134 Å². The molecule has 0 aromatic carbocycles. The molecular weight excluding hydrogens is 332 g/mol. The third kappa shape index (κ3) is 4.30. The van der Waals surface area contributed by atoms with Crippen LogP contribution in [0.15, 0.2) is 15.5 Å². The highest BCUT2D eigenvalue weighted by Crippen LogP contribution is 2.21. The molecule has 1 fully saturated rings. The van der Waals surface area contributed by atoms with E-state index in [9.17, 15) is 4.79 Å². The molecule has 0 amide bonds. The molecule has 1 aromatic rings. The van der Waals surface area contributed by atoms with Gasteiger partial charge in [-0.15, -0.1) is 0 Å². The number of aromatic nitrogens is 2. The van der Waals surface area contributed by atoms with E-state index in [1.165, 1.54) is 30.6 Å². The van der Waals surface area contributed by atoms with Crippen LogP contribution in [0.4, 0.5) is 5.69 Å². The number of anilines is 1. The monoisotopic (exact) mass is 356 g/mol. The average molecular weight is 357 g/mol. The summed E-state index contributed by atoms with van der Waals surface area (Å²) < 4.78 is 2.07. The third-order valence-corrected chi connectivity index (χ3v) is 4.91. The summed E-state index contributed by atoms with van der Waals surface area (Å²) >= 11 is 3.39. The summed E-state index contributed by atoms with van der Waals surface area (Å²) in [6, 6.07) is 0.0714. The van der Waals surface area contributed by atoms with Crippen molar-refractivity contribution in [2.45, 2.75) is 39.2 Å². The third-order valence-electron chi connectivity index (χ3n) is 4.14. The SMILES string of the molecule is CC(C)n1ncc(NCCC2CCN(C)CC2)c(Br)c1=O. The summed E-state index contributed by atoms with van der Waals surface area (Å²) in [5.41, 5.74) is 0.721. The molecule has 1 aliphatic heterocycles. The first-order valence-corrected chi connectivity index (χ1v) is 8.48. The molecule has 2 rings (SSSR count). The topological polar surface area (TPSA) is 50.2 Å². The maximum Gasteiger partial charge on any atom is 0.283 e. The van der Waals surface area contributed by atoms with Gasteiger partial charge in [0.2, 0.25) is 0 Å². The second kappa shape index (κ2) is 7.40. The number of hydrogen-bond acceptors (Lipinski definition) is 4. The molecule has 0 saturated carbocycles. The molecule has 1 aromatic heterocycles. The smallest absolute Gasteiger partial charge is 0.283 e. The number of piperidine rings is 1. The number of nitrogens with zero attached hydrogens (tertiary/aromatic N) is 3. The molecule has 1 N–H and O–H groups in total. The first-order valence-electron chi connectivity index (χ1n) is 7.68. The molecule has 118 valence electrons. The second-order valence-corrected chi connectivity index (χ2v) is 6.97. The highest BCUT2D eigenvalue weighted by atomic mass is 79.9. The summed E-state index contributed by atoms with van der Waals surface area (Å²) in [6.07, 6.45) is 5.42. The van der Waals surface area contributed by atoms with Gasteiger partial charge in [0.05, 0.1) is 17.9 Å². The Morgan fingerprint density at radius 3 is 2.71 bits per heavy atom. The van der Waals surface area contributed by atoms with Crippen LogP contribution in [-0.2, 0) is 0 Å². The normalized spacial score (nSPS) is 17.4. The van der Waals surface area contributed by atoms with Crippen molar-refractivity contribution in [2.24, 2.45) is 5.92 Å². The molecule has 2 heterocycles. The zero-order valence-electron chi connectivity index (χ0n) is 13.1. The Bertz CT molecular complexity index is 521. The van der Waals surface area contributed by atoms with E-state index in [0.717, 1.165) is 24.6 Å².